The molecule has 20 heavy (non-hydrogen) atoms. The fourth-order valence-electron chi connectivity index (χ4n) is 2.81. The molecule has 0 amide bonds. The molecule has 0 bridgehead atoms. The van der Waals surface area contributed by atoms with Gasteiger partial charge in [0.2, 0.25) is 0 Å². The first-order valence-electron chi connectivity index (χ1n) is 6.78. The van der Waals surface area contributed by atoms with E-state index in [0.29, 0.717) is 0 Å². The summed E-state index contributed by atoms with van der Waals surface area (Å²) in [7, 11) is 0. The maximum Gasteiger partial charge on any atom is 0.154 e. The van der Waals surface area contributed by atoms with Crippen LogP contribution in [-0.4, -0.2) is 44.7 Å². The van der Waals surface area contributed by atoms with Crippen LogP contribution < -0.4 is 4.90 Å². The minimum Gasteiger partial charge on any atom is -0.368 e. The molecule has 0 radical (unpaired) electrons. The van der Waals surface area contributed by atoms with E-state index >= 15 is 0 Å². The van der Waals surface area contributed by atoms with Crippen molar-refractivity contribution in [3.8, 4) is 0 Å². The number of hydrogen-bond acceptors (Lipinski definition) is 4. The summed E-state index contributed by atoms with van der Waals surface area (Å²) in [4.78, 5) is 6.87. The van der Waals surface area contributed by atoms with E-state index in [1.807, 2.05) is 17.6 Å². The Morgan fingerprint density at radius 3 is 3.05 bits per heavy atom. The number of ether oxygens (including phenoxy) is 1. The first-order chi connectivity index (χ1) is 9.48. The number of anilines is 1. The Morgan fingerprint density at radius 1 is 1.50 bits per heavy atom. The third-order valence-electron chi connectivity index (χ3n) is 3.44. The van der Waals surface area contributed by atoms with E-state index in [2.05, 4.69) is 50.8 Å². The molecule has 3 heterocycles. The van der Waals surface area contributed by atoms with E-state index in [-0.39, 0.29) is 11.7 Å². The number of aromatic nitrogens is 3. The van der Waals surface area contributed by atoms with Crippen LogP contribution in [0.1, 0.15) is 19.5 Å². The summed E-state index contributed by atoms with van der Waals surface area (Å²) in [6.07, 6.45) is 3.87. The minimum absolute atomic E-state index is 0.171. The van der Waals surface area contributed by atoms with Gasteiger partial charge in [-0.2, -0.15) is 5.10 Å². The maximum atomic E-state index is 6.05. The molecule has 1 aliphatic rings. The molecule has 1 unspecified atom stereocenters. The highest BCUT2D eigenvalue weighted by Gasteiger charge is 2.34. The third kappa shape index (κ3) is 2.54. The second-order valence-electron chi connectivity index (χ2n) is 5.90. The standard InChI is InChI=1S/C14H19BrN4O/c1-10-6-12-13(16-4-5-19(12)17-10)18-8-11(7-15)20-14(2,3)9-18/h4-6,11H,7-9H2,1-3H3. The Bertz CT molecular complexity index is 625. The molecule has 0 aromatic carbocycles. The monoisotopic (exact) mass is 338 g/mol. The van der Waals surface area contributed by atoms with Crippen molar-refractivity contribution in [3.05, 3.63) is 24.2 Å². The Hall–Kier alpha value is -1.14. The fraction of sp³-hybridized carbons (Fsp3) is 0.571. The molecule has 108 valence electrons. The number of rotatable bonds is 2. The highest BCUT2D eigenvalue weighted by molar-refractivity contribution is 9.09. The molecule has 1 atom stereocenters. The second kappa shape index (κ2) is 5.00. The number of alkyl halides is 1. The number of morpholine rings is 1. The molecule has 3 rings (SSSR count). The number of fused-ring (bicyclic) bond motifs is 1. The van der Waals surface area contributed by atoms with Gasteiger partial charge in [-0.15, -0.1) is 0 Å². The molecule has 0 spiro atoms. The molecule has 1 saturated heterocycles. The van der Waals surface area contributed by atoms with E-state index in [4.69, 9.17) is 4.74 Å². The van der Waals surface area contributed by atoms with Gasteiger partial charge >= 0.3 is 0 Å². The molecule has 0 N–H and O–H groups in total. The molecule has 2 aromatic heterocycles. The summed E-state index contributed by atoms with van der Waals surface area (Å²) in [5.41, 5.74) is 1.88. The van der Waals surface area contributed by atoms with Crippen molar-refractivity contribution in [1.82, 2.24) is 14.6 Å². The van der Waals surface area contributed by atoms with Crippen LogP contribution in [0.25, 0.3) is 5.52 Å². The number of aryl methyl sites for hydroxylation is 1. The van der Waals surface area contributed by atoms with Crippen LogP contribution in [-0.2, 0) is 4.74 Å². The van der Waals surface area contributed by atoms with Crippen LogP contribution in [0.3, 0.4) is 0 Å². The van der Waals surface area contributed by atoms with Gasteiger partial charge in [-0.25, -0.2) is 9.50 Å². The first kappa shape index (κ1) is 13.8. The molecular formula is C14H19BrN4O. The van der Waals surface area contributed by atoms with E-state index < -0.39 is 0 Å². The lowest BCUT2D eigenvalue weighted by Gasteiger charge is -2.43. The second-order valence-corrected chi connectivity index (χ2v) is 6.55. The van der Waals surface area contributed by atoms with Crippen LogP contribution in [0.2, 0.25) is 0 Å². The van der Waals surface area contributed by atoms with Crippen LogP contribution in [0.4, 0.5) is 5.82 Å². The van der Waals surface area contributed by atoms with Gasteiger partial charge in [0.25, 0.3) is 0 Å². The van der Waals surface area contributed by atoms with Crippen molar-refractivity contribution in [1.29, 1.82) is 0 Å². The smallest absolute Gasteiger partial charge is 0.154 e. The summed E-state index contributed by atoms with van der Waals surface area (Å²) in [6, 6.07) is 2.08. The summed E-state index contributed by atoms with van der Waals surface area (Å²) >= 11 is 3.53. The third-order valence-corrected chi connectivity index (χ3v) is 4.17. The highest BCUT2D eigenvalue weighted by atomic mass is 79.9. The van der Waals surface area contributed by atoms with Gasteiger partial charge in [0.1, 0.15) is 5.52 Å². The summed E-state index contributed by atoms with van der Waals surface area (Å²) in [5.74, 6) is 0.982. The van der Waals surface area contributed by atoms with Gasteiger partial charge in [0.05, 0.1) is 17.4 Å². The summed E-state index contributed by atoms with van der Waals surface area (Å²) in [5, 5.41) is 5.28. The normalized spacial score (nSPS) is 22.4. The molecule has 0 saturated carbocycles. The zero-order valence-corrected chi connectivity index (χ0v) is 13.6. The zero-order valence-electron chi connectivity index (χ0n) is 12.0. The largest absolute Gasteiger partial charge is 0.368 e. The van der Waals surface area contributed by atoms with Crippen LogP contribution >= 0.6 is 15.9 Å². The van der Waals surface area contributed by atoms with E-state index in [9.17, 15) is 0 Å². The zero-order chi connectivity index (χ0) is 14.3. The lowest BCUT2D eigenvalue weighted by atomic mass is 10.1. The van der Waals surface area contributed by atoms with Gasteiger partial charge in [-0.05, 0) is 26.8 Å². The van der Waals surface area contributed by atoms with Crippen molar-refractivity contribution in [2.45, 2.75) is 32.5 Å². The Morgan fingerprint density at radius 2 is 2.30 bits per heavy atom. The molecular weight excluding hydrogens is 320 g/mol. The van der Waals surface area contributed by atoms with Gasteiger partial charge in [0, 0.05) is 30.8 Å². The number of halogens is 1. The topological polar surface area (TPSA) is 42.7 Å². The van der Waals surface area contributed by atoms with E-state index in [1.54, 1.807) is 6.20 Å². The van der Waals surface area contributed by atoms with Gasteiger partial charge < -0.3 is 9.64 Å². The predicted octanol–water partition coefficient (Wildman–Crippen LogP) is 2.42. The van der Waals surface area contributed by atoms with Crippen LogP contribution in [0.5, 0.6) is 0 Å². The Labute approximate surface area is 127 Å². The summed E-state index contributed by atoms with van der Waals surface area (Å²) in [6.45, 7) is 7.91. The van der Waals surface area contributed by atoms with Crippen molar-refractivity contribution < 1.29 is 4.74 Å². The van der Waals surface area contributed by atoms with Crippen molar-refractivity contribution >= 4 is 27.3 Å². The van der Waals surface area contributed by atoms with Crippen molar-refractivity contribution in [2.24, 2.45) is 0 Å². The minimum atomic E-state index is -0.180. The van der Waals surface area contributed by atoms with Crippen LogP contribution in [0.15, 0.2) is 18.5 Å². The van der Waals surface area contributed by atoms with Gasteiger partial charge in [0.15, 0.2) is 5.82 Å². The van der Waals surface area contributed by atoms with Crippen LogP contribution in [0, 0.1) is 6.92 Å². The van der Waals surface area contributed by atoms with Gasteiger partial charge in [-0.3, -0.25) is 0 Å². The maximum absolute atomic E-state index is 6.05. The molecule has 6 heteroatoms. The highest BCUT2D eigenvalue weighted by Crippen LogP contribution is 2.28. The number of nitrogens with zero attached hydrogens (tertiary/aromatic N) is 4. The molecule has 1 fully saturated rings. The predicted molar refractivity (Wildman–Crippen MR) is 82.7 cm³/mol. The lowest BCUT2D eigenvalue weighted by Crippen LogP contribution is -2.53. The molecule has 0 aliphatic carbocycles. The van der Waals surface area contributed by atoms with Crippen molar-refractivity contribution in [3.63, 3.8) is 0 Å². The molecule has 1 aliphatic heterocycles. The molecule has 2 aromatic rings. The first-order valence-corrected chi connectivity index (χ1v) is 7.90. The fourth-order valence-corrected chi connectivity index (χ4v) is 3.15. The van der Waals surface area contributed by atoms with E-state index in [1.165, 1.54) is 0 Å². The average molecular weight is 339 g/mol. The quantitative estimate of drug-likeness (QED) is 0.788. The Kier molecular flexibility index (Phi) is 3.46. The van der Waals surface area contributed by atoms with E-state index in [0.717, 1.165) is 35.4 Å². The lowest BCUT2D eigenvalue weighted by molar-refractivity contribution is -0.0725. The summed E-state index contributed by atoms with van der Waals surface area (Å²) < 4.78 is 7.95. The SMILES string of the molecule is Cc1cc2c(N3CC(CBr)OC(C)(C)C3)nccn2n1. The number of hydrogen-bond donors (Lipinski definition) is 0. The molecule has 5 nitrogen and oxygen atoms in total. The van der Waals surface area contributed by atoms with Gasteiger partial charge in [-0.1, -0.05) is 15.9 Å². The average Bonchev–Trinajstić information content (AvgIpc) is 2.76. The Balaban J connectivity index is 2.01. The van der Waals surface area contributed by atoms with Crippen molar-refractivity contribution in [2.75, 3.05) is 23.3 Å².